The van der Waals surface area contributed by atoms with Crippen LogP contribution in [-0.2, 0) is 4.74 Å². The highest BCUT2D eigenvalue weighted by Gasteiger charge is 2.40. The molecule has 2 heterocycles. The Balaban J connectivity index is 1.54. The number of hydrogen-bond donors (Lipinski definition) is 3. The predicted octanol–water partition coefficient (Wildman–Crippen LogP) is 2.81. The first-order chi connectivity index (χ1) is 12.0. The maximum absolute atomic E-state index is 12.7. The molecule has 1 saturated heterocycles. The molecule has 2 aliphatic rings. The lowest BCUT2D eigenvalue weighted by molar-refractivity contribution is -0.0823. The number of carbonyl (C=O) groups excluding carboxylic acids is 1. The number of ether oxygens (including phenoxy) is 1. The predicted molar refractivity (Wildman–Crippen MR) is 97.4 cm³/mol. The van der Waals surface area contributed by atoms with E-state index in [1.165, 1.54) is 12.8 Å². The maximum atomic E-state index is 12.7. The van der Waals surface area contributed by atoms with E-state index in [1.807, 2.05) is 0 Å². The number of carbonyl (C=O) groups is 1. The lowest BCUT2D eigenvalue weighted by Gasteiger charge is -2.38. The normalized spacial score (nSPS) is 22.3. The van der Waals surface area contributed by atoms with Gasteiger partial charge in [0.1, 0.15) is 0 Å². The van der Waals surface area contributed by atoms with E-state index in [9.17, 15) is 9.59 Å². The Kier molecular flexibility index (Phi) is 4.21. The van der Waals surface area contributed by atoms with Crippen LogP contribution >= 0.6 is 12.2 Å². The van der Waals surface area contributed by atoms with Crippen molar-refractivity contribution in [1.82, 2.24) is 15.3 Å². The molecule has 6 nitrogen and oxygen atoms in total. The molecule has 0 unspecified atom stereocenters. The third-order valence-corrected chi connectivity index (χ3v) is 5.55. The van der Waals surface area contributed by atoms with Gasteiger partial charge >= 0.3 is 0 Å². The number of hydrogen-bond acceptors (Lipinski definition) is 4. The standard InChI is InChI=1S/C18H21N3O3S/c22-15(19-12-5-8-24-18(10-12)6-1-2-7-18)11-3-4-13-14(9-11)20-17(25)21-16(13)23/h3-4,9,12H,1-2,5-8,10H2,(H,19,22)(H2,20,21,23,25)/t12-/m1/s1. The first kappa shape index (κ1) is 16.5. The summed E-state index contributed by atoms with van der Waals surface area (Å²) < 4.78 is 6.27. The lowest BCUT2D eigenvalue weighted by Crippen LogP contribution is -2.47. The van der Waals surface area contributed by atoms with Gasteiger partial charge in [-0.25, -0.2) is 0 Å². The van der Waals surface area contributed by atoms with E-state index < -0.39 is 0 Å². The van der Waals surface area contributed by atoms with Crippen LogP contribution in [-0.4, -0.2) is 34.1 Å². The van der Waals surface area contributed by atoms with Gasteiger partial charge in [-0.2, -0.15) is 0 Å². The molecule has 1 spiro atoms. The van der Waals surface area contributed by atoms with Crippen molar-refractivity contribution < 1.29 is 9.53 Å². The Morgan fingerprint density at radius 3 is 2.88 bits per heavy atom. The minimum absolute atomic E-state index is 0.0299. The second kappa shape index (κ2) is 6.38. The van der Waals surface area contributed by atoms with Crippen LogP contribution in [0.3, 0.4) is 0 Å². The molecule has 1 atom stereocenters. The molecule has 25 heavy (non-hydrogen) atoms. The molecular formula is C18H21N3O3S. The quantitative estimate of drug-likeness (QED) is 0.720. The molecule has 1 saturated carbocycles. The minimum atomic E-state index is -0.252. The van der Waals surface area contributed by atoms with Crippen molar-refractivity contribution in [2.45, 2.75) is 50.2 Å². The highest BCUT2D eigenvalue weighted by molar-refractivity contribution is 7.71. The second-order valence-electron chi connectivity index (χ2n) is 7.07. The number of aromatic amines is 2. The van der Waals surface area contributed by atoms with Crippen LogP contribution in [0, 0.1) is 4.77 Å². The van der Waals surface area contributed by atoms with Crippen LogP contribution in [0.25, 0.3) is 10.9 Å². The Morgan fingerprint density at radius 1 is 1.28 bits per heavy atom. The zero-order valence-corrected chi connectivity index (χ0v) is 14.7. The zero-order chi connectivity index (χ0) is 17.4. The van der Waals surface area contributed by atoms with E-state index >= 15 is 0 Å². The summed E-state index contributed by atoms with van der Waals surface area (Å²) in [6, 6.07) is 5.14. The second-order valence-corrected chi connectivity index (χ2v) is 7.48. The van der Waals surface area contributed by atoms with Crippen LogP contribution in [0.1, 0.15) is 48.9 Å². The molecular weight excluding hydrogens is 338 g/mol. The molecule has 0 bridgehead atoms. The Labute approximate surface area is 150 Å². The van der Waals surface area contributed by atoms with Crippen molar-refractivity contribution in [3.63, 3.8) is 0 Å². The van der Waals surface area contributed by atoms with Gasteiger partial charge in [0.05, 0.1) is 16.5 Å². The molecule has 1 aromatic heterocycles. The largest absolute Gasteiger partial charge is 0.375 e. The fraction of sp³-hybridized carbons (Fsp3) is 0.500. The highest BCUT2D eigenvalue weighted by atomic mass is 32.1. The molecule has 1 aliphatic carbocycles. The Hall–Kier alpha value is -1.99. The van der Waals surface area contributed by atoms with Gasteiger partial charge < -0.3 is 15.0 Å². The number of rotatable bonds is 2. The third-order valence-electron chi connectivity index (χ3n) is 5.34. The number of nitrogens with one attached hydrogen (secondary N) is 3. The fourth-order valence-electron chi connectivity index (χ4n) is 4.10. The van der Waals surface area contributed by atoms with Gasteiger partial charge in [0.25, 0.3) is 11.5 Å². The maximum Gasteiger partial charge on any atom is 0.259 e. The summed E-state index contributed by atoms with van der Waals surface area (Å²) in [5.41, 5.74) is 0.812. The minimum Gasteiger partial charge on any atom is -0.375 e. The van der Waals surface area contributed by atoms with Crippen molar-refractivity contribution in [1.29, 1.82) is 0 Å². The Bertz CT molecular complexity index is 927. The van der Waals surface area contributed by atoms with Crippen molar-refractivity contribution >= 4 is 29.0 Å². The summed E-state index contributed by atoms with van der Waals surface area (Å²) in [6.45, 7) is 0.700. The first-order valence-corrected chi connectivity index (χ1v) is 9.17. The van der Waals surface area contributed by atoms with E-state index in [2.05, 4.69) is 15.3 Å². The smallest absolute Gasteiger partial charge is 0.259 e. The third kappa shape index (κ3) is 3.26. The zero-order valence-electron chi connectivity index (χ0n) is 13.9. The summed E-state index contributed by atoms with van der Waals surface area (Å²) >= 11 is 5.00. The van der Waals surface area contributed by atoms with Crippen LogP contribution < -0.4 is 10.9 Å². The first-order valence-electron chi connectivity index (χ1n) is 8.76. The summed E-state index contributed by atoms with van der Waals surface area (Å²) in [7, 11) is 0. The SMILES string of the molecule is O=C(N[C@@H]1CCOC2(CCCC2)C1)c1ccc2c(=O)[nH]c(=S)[nH]c2c1. The van der Waals surface area contributed by atoms with Crippen molar-refractivity contribution in [3.8, 4) is 0 Å². The molecule has 4 rings (SSSR count). The summed E-state index contributed by atoms with van der Waals surface area (Å²) in [5, 5.41) is 3.62. The molecule has 0 radical (unpaired) electrons. The number of amides is 1. The van der Waals surface area contributed by atoms with Gasteiger partial charge in [0, 0.05) is 18.2 Å². The molecule has 1 aliphatic heterocycles. The lowest BCUT2D eigenvalue weighted by atomic mass is 9.89. The molecule has 7 heteroatoms. The molecule has 132 valence electrons. The Morgan fingerprint density at radius 2 is 2.08 bits per heavy atom. The fourth-order valence-corrected chi connectivity index (χ4v) is 4.30. The van der Waals surface area contributed by atoms with E-state index in [4.69, 9.17) is 17.0 Å². The molecule has 1 aromatic carbocycles. The highest BCUT2D eigenvalue weighted by Crippen LogP contribution is 2.40. The van der Waals surface area contributed by atoms with Gasteiger partial charge in [0.2, 0.25) is 0 Å². The van der Waals surface area contributed by atoms with Crippen LogP contribution in [0.5, 0.6) is 0 Å². The summed E-state index contributed by atoms with van der Waals surface area (Å²) in [6.07, 6.45) is 6.32. The van der Waals surface area contributed by atoms with E-state index in [1.54, 1.807) is 18.2 Å². The van der Waals surface area contributed by atoms with Crippen LogP contribution in [0.2, 0.25) is 0 Å². The summed E-state index contributed by atoms with van der Waals surface area (Å²) in [5.74, 6) is -0.124. The van der Waals surface area contributed by atoms with Crippen LogP contribution in [0.15, 0.2) is 23.0 Å². The van der Waals surface area contributed by atoms with Crippen molar-refractivity contribution in [3.05, 3.63) is 38.9 Å². The van der Waals surface area contributed by atoms with E-state index in [0.29, 0.717) is 23.1 Å². The van der Waals surface area contributed by atoms with E-state index in [-0.39, 0.29) is 27.9 Å². The number of fused-ring (bicyclic) bond motifs is 1. The van der Waals surface area contributed by atoms with E-state index in [0.717, 1.165) is 25.7 Å². The van der Waals surface area contributed by atoms with Crippen molar-refractivity contribution in [2.24, 2.45) is 0 Å². The monoisotopic (exact) mass is 359 g/mol. The number of H-pyrrole nitrogens is 2. The van der Waals surface area contributed by atoms with Gasteiger partial charge in [-0.3, -0.25) is 14.6 Å². The topological polar surface area (TPSA) is 87.0 Å². The summed E-state index contributed by atoms with van der Waals surface area (Å²) in [4.78, 5) is 30.0. The van der Waals surface area contributed by atoms with Gasteiger partial charge in [-0.1, -0.05) is 12.8 Å². The molecule has 3 N–H and O–H groups in total. The number of aromatic nitrogens is 2. The van der Waals surface area contributed by atoms with Crippen molar-refractivity contribution in [2.75, 3.05) is 6.61 Å². The van der Waals surface area contributed by atoms with Gasteiger partial charge in [-0.15, -0.1) is 0 Å². The molecule has 2 fully saturated rings. The number of benzene rings is 1. The molecule has 1 amide bonds. The van der Waals surface area contributed by atoms with Gasteiger partial charge in [-0.05, 0) is 56.1 Å². The average Bonchev–Trinajstić information content (AvgIpc) is 3.01. The molecule has 2 aromatic rings. The average molecular weight is 359 g/mol. The van der Waals surface area contributed by atoms with Crippen LogP contribution in [0.4, 0.5) is 0 Å². The van der Waals surface area contributed by atoms with Gasteiger partial charge in [0.15, 0.2) is 4.77 Å².